The largest absolute Gasteiger partial charge is 0.215 e. The summed E-state index contributed by atoms with van der Waals surface area (Å²) in [5, 5.41) is 5.30. The van der Waals surface area contributed by atoms with Crippen molar-refractivity contribution in [1.29, 1.82) is 0 Å². The van der Waals surface area contributed by atoms with Crippen molar-refractivity contribution < 1.29 is 0 Å². The van der Waals surface area contributed by atoms with Crippen molar-refractivity contribution >= 4 is 17.8 Å². The van der Waals surface area contributed by atoms with Crippen molar-refractivity contribution in [3.8, 4) is 0 Å². The molecule has 1 aliphatic rings. The van der Waals surface area contributed by atoms with Gasteiger partial charge in [0, 0.05) is 5.56 Å². The monoisotopic (exact) mass is 157 g/mol. The Morgan fingerprint density at radius 2 is 2.42 bits per heavy atom. The molecule has 0 bridgehead atoms. The molecule has 0 N–H and O–H groups in total. The highest BCUT2D eigenvalue weighted by molar-refractivity contribution is 5.62. The molecule has 0 fully saturated rings. The average Bonchev–Trinajstić information content (AvgIpc) is 2.62. The fraction of sp³-hybridized carbons (Fsp3) is 0.111. The van der Waals surface area contributed by atoms with Gasteiger partial charge < -0.3 is 0 Å². The van der Waals surface area contributed by atoms with Crippen LogP contribution < -0.4 is 5.35 Å². The van der Waals surface area contributed by atoms with Gasteiger partial charge in [0.1, 0.15) is 6.33 Å². The van der Waals surface area contributed by atoms with Crippen LogP contribution in [0.5, 0.6) is 0 Å². The Kier molecular flexibility index (Phi) is 0.961. The molecule has 0 aromatic carbocycles. The van der Waals surface area contributed by atoms with Crippen LogP contribution in [0.25, 0.3) is 17.8 Å². The summed E-state index contributed by atoms with van der Waals surface area (Å²) in [6.07, 6.45) is 9.00. The number of nitrogens with zero attached hydrogens (tertiary/aromatic N) is 3. The summed E-state index contributed by atoms with van der Waals surface area (Å²) in [5.74, 6) is 0. The van der Waals surface area contributed by atoms with E-state index in [1.807, 2.05) is 4.52 Å². The van der Waals surface area contributed by atoms with E-state index in [1.165, 1.54) is 10.9 Å². The number of hydrogen-bond donors (Lipinski definition) is 0. The highest BCUT2D eigenvalue weighted by Crippen LogP contribution is 2.07. The van der Waals surface area contributed by atoms with Gasteiger partial charge in [0.05, 0.1) is 5.35 Å². The van der Waals surface area contributed by atoms with E-state index >= 15 is 0 Å². The molecule has 2 heterocycles. The molecule has 2 aromatic rings. The second-order valence-corrected chi connectivity index (χ2v) is 2.86. The fourth-order valence-electron chi connectivity index (χ4n) is 1.58. The molecule has 0 amide bonds. The van der Waals surface area contributed by atoms with Crippen molar-refractivity contribution in [2.24, 2.45) is 0 Å². The van der Waals surface area contributed by atoms with E-state index in [2.05, 4.69) is 34.4 Å². The molecule has 1 aliphatic carbocycles. The van der Waals surface area contributed by atoms with E-state index < -0.39 is 0 Å². The van der Waals surface area contributed by atoms with E-state index in [0.717, 1.165) is 12.1 Å². The minimum absolute atomic E-state index is 0.933. The van der Waals surface area contributed by atoms with Gasteiger partial charge in [-0.15, -0.1) is 0 Å². The lowest BCUT2D eigenvalue weighted by Gasteiger charge is -1.93. The summed E-state index contributed by atoms with van der Waals surface area (Å²) in [7, 11) is 0. The molecular weight excluding hydrogens is 150 g/mol. The lowest BCUT2D eigenvalue weighted by Crippen LogP contribution is -2.13. The molecule has 0 radical (unpaired) electrons. The molecule has 0 unspecified atom stereocenters. The minimum atomic E-state index is 0.933. The predicted molar refractivity (Wildman–Crippen MR) is 46.3 cm³/mol. The van der Waals surface area contributed by atoms with Crippen LogP contribution in [0.3, 0.4) is 0 Å². The third-order valence-electron chi connectivity index (χ3n) is 2.13. The van der Waals surface area contributed by atoms with Crippen molar-refractivity contribution in [2.45, 2.75) is 6.42 Å². The van der Waals surface area contributed by atoms with Crippen molar-refractivity contribution in [2.75, 3.05) is 0 Å². The molecule has 0 saturated heterocycles. The van der Waals surface area contributed by atoms with Gasteiger partial charge in [-0.05, 0) is 12.5 Å². The summed E-state index contributed by atoms with van der Waals surface area (Å²) in [5.41, 5.74) is 2.15. The molecule has 0 saturated carbocycles. The van der Waals surface area contributed by atoms with Gasteiger partial charge >= 0.3 is 0 Å². The van der Waals surface area contributed by atoms with Gasteiger partial charge in [-0.25, -0.2) is 9.50 Å². The maximum atomic E-state index is 4.13. The van der Waals surface area contributed by atoms with Gasteiger partial charge in [-0.1, -0.05) is 18.2 Å². The van der Waals surface area contributed by atoms with E-state index in [9.17, 15) is 0 Å². The van der Waals surface area contributed by atoms with Crippen LogP contribution in [0.4, 0.5) is 0 Å². The van der Waals surface area contributed by atoms with E-state index in [4.69, 9.17) is 0 Å². The highest BCUT2D eigenvalue weighted by Gasteiger charge is 2.05. The van der Waals surface area contributed by atoms with Crippen LogP contribution in [0.15, 0.2) is 18.5 Å². The standard InChI is InChI=1S/C9H7N3/c1-2-4-8-7(3-1)5-9-10-6-11-12(8)9/h1,3-6H,2H2. The van der Waals surface area contributed by atoms with Crippen LogP contribution in [-0.2, 0) is 0 Å². The van der Waals surface area contributed by atoms with E-state index in [1.54, 1.807) is 6.33 Å². The third kappa shape index (κ3) is 0.605. The van der Waals surface area contributed by atoms with Crippen LogP contribution in [0, 0.1) is 0 Å². The van der Waals surface area contributed by atoms with Crippen molar-refractivity contribution in [1.82, 2.24) is 14.6 Å². The number of allylic oxidation sites excluding steroid dienone is 1. The summed E-state index contributed by atoms with van der Waals surface area (Å²) < 4.78 is 1.87. The second kappa shape index (κ2) is 1.94. The van der Waals surface area contributed by atoms with E-state index in [0.29, 0.717) is 0 Å². The Hall–Kier alpha value is -1.64. The molecule has 0 spiro atoms. The molecule has 0 atom stereocenters. The first-order valence-electron chi connectivity index (χ1n) is 3.94. The average molecular weight is 157 g/mol. The van der Waals surface area contributed by atoms with Crippen molar-refractivity contribution in [3.05, 3.63) is 29.4 Å². The normalized spacial score (nSPS) is 14.7. The maximum absolute atomic E-state index is 4.13. The first-order chi connectivity index (χ1) is 5.95. The van der Waals surface area contributed by atoms with Gasteiger partial charge in [-0.3, -0.25) is 0 Å². The van der Waals surface area contributed by atoms with Crippen LogP contribution in [-0.4, -0.2) is 14.6 Å². The lowest BCUT2D eigenvalue weighted by atomic mass is 10.2. The first-order valence-corrected chi connectivity index (χ1v) is 3.94. The topological polar surface area (TPSA) is 30.2 Å². The Balaban J connectivity index is 2.58. The van der Waals surface area contributed by atoms with Crippen LogP contribution in [0.2, 0.25) is 0 Å². The fourth-order valence-corrected chi connectivity index (χ4v) is 1.58. The number of rotatable bonds is 0. The summed E-state index contributed by atoms with van der Waals surface area (Å²) in [6, 6.07) is 2.05. The number of hydrogen-bond acceptors (Lipinski definition) is 2. The zero-order valence-electron chi connectivity index (χ0n) is 6.44. The second-order valence-electron chi connectivity index (χ2n) is 2.86. The minimum Gasteiger partial charge on any atom is -0.215 e. The van der Waals surface area contributed by atoms with E-state index in [-0.39, 0.29) is 0 Å². The SMILES string of the molecule is C1=Cc2cc3ncnn3c2=CC1. The lowest BCUT2D eigenvalue weighted by molar-refractivity contribution is 0.937. The highest BCUT2D eigenvalue weighted by atomic mass is 15.3. The predicted octanol–water partition coefficient (Wildman–Crippen LogP) is 0.646. The molecule has 2 aromatic heterocycles. The Morgan fingerprint density at radius 3 is 3.42 bits per heavy atom. The van der Waals surface area contributed by atoms with Gasteiger partial charge in [0.25, 0.3) is 0 Å². The molecule has 3 heteroatoms. The third-order valence-corrected chi connectivity index (χ3v) is 2.13. The first kappa shape index (κ1) is 5.94. The summed E-state index contributed by atoms with van der Waals surface area (Å²) in [4.78, 5) is 4.12. The zero-order valence-corrected chi connectivity index (χ0v) is 6.44. The number of fused-ring (bicyclic) bond motifs is 3. The van der Waals surface area contributed by atoms with Gasteiger partial charge in [0.2, 0.25) is 0 Å². The molecule has 58 valence electrons. The van der Waals surface area contributed by atoms with Gasteiger partial charge in [-0.2, -0.15) is 5.10 Å². The Bertz CT molecular complexity index is 507. The van der Waals surface area contributed by atoms with Crippen LogP contribution in [0.1, 0.15) is 12.0 Å². The molecule has 3 rings (SSSR count). The zero-order chi connectivity index (χ0) is 7.97. The molecule has 12 heavy (non-hydrogen) atoms. The summed E-state index contributed by atoms with van der Waals surface area (Å²) >= 11 is 0. The Labute approximate surface area is 69.0 Å². The molecule has 3 nitrogen and oxygen atoms in total. The van der Waals surface area contributed by atoms with Gasteiger partial charge in [0.15, 0.2) is 5.65 Å². The maximum Gasteiger partial charge on any atom is 0.156 e. The Morgan fingerprint density at radius 1 is 1.42 bits per heavy atom. The molecule has 0 aliphatic heterocycles. The quantitative estimate of drug-likeness (QED) is 0.562. The smallest absolute Gasteiger partial charge is 0.156 e. The van der Waals surface area contributed by atoms with Crippen molar-refractivity contribution in [3.63, 3.8) is 0 Å². The molecular formula is C9H7N3. The van der Waals surface area contributed by atoms with Crippen LogP contribution >= 0.6 is 0 Å². The number of aromatic nitrogens is 3. The summed E-state index contributed by atoms with van der Waals surface area (Å²) in [6.45, 7) is 0.